The number of aliphatic hydroxyl groups excluding tert-OH is 1. The van der Waals surface area contributed by atoms with Crippen molar-refractivity contribution in [2.24, 2.45) is 0 Å². The molecule has 1 aliphatic heterocycles. The number of aliphatic hydroxyl groups is 1. The molecule has 0 saturated carbocycles. The van der Waals surface area contributed by atoms with Gasteiger partial charge in [0.05, 0.1) is 6.61 Å². The van der Waals surface area contributed by atoms with E-state index in [1.807, 2.05) is 6.07 Å². The van der Waals surface area contributed by atoms with Crippen molar-refractivity contribution in [3.63, 3.8) is 0 Å². The van der Waals surface area contributed by atoms with Gasteiger partial charge in [-0.1, -0.05) is 48.0 Å². The van der Waals surface area contributed by atoms with E-state index in [0.29, 0.717) is 0 Å². The maximum atomic E-state index is 10.1. The van der Waals surface area contributed by atoms with Gasteiger partial charge in [0, 0.05) is 24.2 Å². The zero-order chi connectivity index (χ0) is 14.7. The van der Waals surface area contributed by atoms with Gasteiger partial charge in [-0.25, -0.2) is 0 Å². The molecule has 21 heavy (non-hydrogen) atoms. The molecule has 1 aliphatic rings. The largest absolute Gasteiger partial charge is 0.395 e. The molecule has 3 rings (SSSR count). The second-order valence-corrected chi connectivity index (χ2v) is 6.17. The molecule has 0 bridgehead atoms. The van der Waals surface area contributed by atoms with Gasteiger partial charge >= 0.3 is 0 Å². The zero-order valence-corrected chi connectivity index (χ0v) is 12.6. The summed E-state index contributed by atoms with van der Waals surface area (Å²) in [6, 6.07) is 19.2. The Morgan fingerprint density at radius 1 is 1.05 bits per heavy atom. The van der Waals surface area contributed by atoms with Crippen LogP contribution in [0.5, 0.6) is 0 Å². The van der Waals surface area contributed by atoms with Gasteiger partial charge in [-0.05, 0) is 37.5 Å². The predicted molar refractivity (Wildman–Crippen MR) is 87.8 cm³/mol. The third-order valence-electron chi connectivity index (χ3n) is 4.66. The number of piperidine rings is 1. The van der Waals surface area contributed by atoms with Crippen LogP contribution < -0.4 is 4.90 Å². The molecule has 1 unspecified atom stereocenters. The van der Waals surface area contributed by atoms with E-state index in [-0.39, 0.29) is 12.0 Å². The first-order valence-corrected chi connectivity index (χ1v) is 7.72. The fraction of sp³-hybridized carbons (Fsp3) is 0.368. The Labute approximate surface area is 127 Å². The summed E-state index contributed by atoms with van der Waals surface area (Å²) >= 11 is 0. The van der Waals surface area contributed by atoms with Crippen molar-refractivity contribution in [3.05, 3.63) is 65.7 Å². The first-order chi connectivity index (χ1) is 10.2. The van der Waals surface area contributed by atoms with Crippen LogP contribution in [0.1, 0.15) is 24.0 Å². The first kappa shape index (κ1) is 14.2. The second-order valence-electron chi connectivity index (χ2n) is 6.17. The average molecular weight is 281 g/mol. The Hall–Kier alpha value is -1.80. The summed E-state index contributed by atoms with van der Waals surface area (Å²) in [5.41, 5.74) is 3.64. The molecular formula is C19H23NO. The van der Waals surface area contributed by atoms with Gasteiger partial charge < -0.3 is 10.0 Å². The minimum atomic E-state index is -0.137. The van der Waals surface area contributed by atoms with Crippen molar-refractivity contribution in [1.29, 1.82) is 0 Å². The highest BCUT2D eigenvalue weighted by Gasteiger charge is 2.36. The minimum absolute atomic E-state index is 0.137. The lowest BCUT2D eigenvalue weighted by Crippen LogP contribution is -2.48. The number of aryl methyl sites for hydroxylation is 1. The van der Waals surface area contributed by atoms with E-state index in [1.165, 1.54) is 16.8 Å². The van der Waals surface area contributed by atoms with E-state index < -0.39 is 0 Å². The van der Waals surface area contributed by atoms with Gasteiger partial charge in [0.15, 0.2) is 0 Å². The molecule has 1 saturated heterocycles. The molecule has 0 aliphatic carbocycles. The quantitative estimate of drug-likeness (QED) is 0.930. The lowest BCUT2D eigenvalue weighted by Gasteiger charge is -2.43. The standard InChI is InChI=1S/C19H23NO/c1-16-8-10-17(11-9-16)19(15-21)12-5-13-20(14-19)18-6-3-2-4-7-18/h2-4,6-11,21H,5,12-15H2,1H3. The fourth-order valence-corrected chi connectivity index (χ4v) is 3.35. The highest BCUT2D eigenvalue weighted by molar-refractivity contribution is 5.48. The molecule has 1 N–H and O–H groups in total. The number of hydrogen-bond acceptors (Lipinski definition) is 2. The van der Waals surface area contributed by atoms with E-state index in [9.17, 15) is 5.11 Å². The number of nitrogens with zero attached hydrogens (tertiary/aromatic N) is 1. The van der Waals surface area contributed by atoms with Gasteiger partial charge in [0.1, 0.15) is 0 Å². The van der Waals surface area contributed by atoms with E-state index in [1.54, 1.807) is 0 Å². The van der Waals surface area contributed by atoms with Crippen LogP contribution >= 0.6 is 0 Å². The van der Waals surface area contributed by atoms with Crippen LogP contribution in [0.4, 0.5) is 5.69 Å². The molecule has 2 aromatic rings. The summed E-state index contributed by atoms with van der Waals surface area (Å²) in [5.74, 6) is 0. The third kappa shape index (κ3) is 2.81. The van der Waals surface area contributed by atoms with Crippen LogP contribution in [0.15, 0.2) is 54.6 Å². The summed E-state index contributed by atoms with van der Waals surface area (Å²) in [5, 5.41) is 10.1. The molecule has 0 spiro atoms. The van der Waals surface area contributed by atoms with Gasteiger partial charge in [0.2, 0.25) is 0 Å². The van der Waals surface area contributed by atoms with E-state index >= 15 is 0 Å². The molecule has 1 heterocycles. The van der Waals surface area contributed by atoms with Crippen molar-refractivity contribution in [2.45, 2.75) is 25.2 Å². The minimum Gasteiger partial charge on any atom is -0.395 e. The summed E-state index contributed by atoms with van der Waals surface area (Å²) < 4.78 is 0. The van der Waals surface area contributed by atoms with Crippen molar-refractivity contribution in [2.75, 3.05) is 24.6 Å². The van der Waals surface area contributed by atoms with Crippen LogP contribution in [0.2, 0.25) is 0 Å². The van der Waals surface area contributed by atoms with E-state index in [4.69, 9.17) is 0 Å². The Bertz CT molecular complexity index is 578. The second kappa shape index (κ2) is 5.90. The highest BCUT2D eigenvalue weighted by atomic mass is 16.3. The first-order valence-electron chi connectivity index (χ1n) is 7.72. The van der Waals surface area contributed by atoms with Crippen molar-refractivity contribution in [1.82, 2.24) is 0 Å². The summed E-state index contributed by atoms with van der Waals surface area (Å²) in [7, 11) is 0. The van der Waals surface area contributed by atoms with Crippen molar-refractivity contribution >= 4 is 5.69 Å². The smallest absolute Gasteiger partial charge is 0.0545 e. The van der Waals surface area contributed by atoms with Crippen LogP contribution in [-0.2, 0) is 5.41 Å². The number of benzene rings is 2. The third-order valence-corrected chi connectivity index (χ3v) is 4.66. The molecule has 2 nitrogen and oxygen atoms in total. The normalized spacial score (nSPS) is 22.3. The Kier molecular flexibility index (Phi) is 3.98. The fourth-order valence-electron chi connectivity index (χ4n) is 3.35. The van der Waals surface area contributed by atoms with E-state index in [2.05, 4.69) is 60.4 Å². The predicted octanol–water partition coefficient (Wildman–Crippen LogP) is 3.53. The lowest BCUT2D eigenvalue weighted by molar-refractivity contribution is 0.172. The van der Waals surface area contributed by atoms with Crippen molar-refractivity contribution in [3.8, 4) is 0 Å². The van der Waals surface area contributed by atoms with E-state index in [0.717, 1.165) is 25.9 Å². The molecular weight excluding hydrogens is 258 g/mol. The maximum Gasteiger partial charge on any atom is 0.0545 e. The zero-order valence-electron chi connectivity index (χ0n) is 12.6. The molecule has 0 amide bonds. The highest BCUT2D eigenvalue weighted by Crippen LogP contribution is 2.35. The Morgan fingerprint density at radius 2 is 1.76 bits per heavy atom. The van der Waals surface area contributed by atoms with Crippen LogP contribution in [0, 0.1) is 6.92 Å². The molecule has 1 fully saturated rings. The number of para-hydroxylation sites is 1. The monoisotopic (exact) mass is 281 g/mol. The molecule has 2 aromatic carbocycles. The molecule has 0 radical (unpaired) electrons. The molecule has 0 aromatic heterocycles. The SMILES string of the molecule is Cc1ccc(C2(CO)CCCN(c3ccccc3)C2)cc1. The maximum absolute atomic E-state index is 10.1. The molecule has 2 heteroatoms. The summed E-state index contributed by atoms with van der Waals surface area (Å²) in [6.07, 6.45) is 2.17. The average Bonchev–Trinajstić information content (AvgIpc) is 2.56. The van der Waals surface area contributed by atoms with Gasteiger partial charge in [0.25, 0.3) is 0 Å². The Balaban J connectivity index is 1.90. The van der Waals surface area contributed by atoms with Crippen LogP contribution in [0.25, 0.3) is 0 Å². The number of hydrogen-bond donors (Lipinski definition) is 1. The van der Waals surface area contributed by atoms with Gasteiger partial charge in [-0.15, -0.1) is 0 Å². The van der Waals surface area contributed by atoms with Crippen LogP contribution in [0.3, 0.4) is 0 Å². The number of anilines is 1. The van der Waals surface area contributed by atoms with Gasteiger partial charge in [-0.2, -0.15) is 0 Å². The van der Waals surface area contributed by atoms with Gasteiger partial charge in [-0.3, -0.25) is 0 Å². The van der Waals surface area contributed by atoms with Crippen molar-refractivity contribution < 1.29 is 5.11 Å². The Morgan fingerprint density at radius 3 is 2.43 bits per heavy atom. The number of rotatable bonds is 3. The lowest BCUT2D eigenvalue weighted by atomic mass is 9.74. The summed E-state index contributed by atoms with van der Waals surface area (Å²) in [4.78, 5) is 2.40. The van der Waals surface area contributed by atoms with Crippen LogP contribution in [-0.4, -0.2) is 24.8 Å². The molecule has 1 atom stereocenters. The summed E-state index contributed by atoms with van der Waals surface area (Å²) in [6.45, 7) is 4.26. The topological polar surface area (TPSA) is 23.5 Å². The molecule has 110 valence electrons.